The van der Waals surface area contributed by atoms with E-state index in [1.807, 2.05) is 59.3 Å². The minimum atomic E-state index is -0.367. The summed E-state index contributed by atoms with van der Waals surface area (Å²) in [6.07, 6.45) is 5.54. The summed E-state index contributed by atoms with van der Waals surface area (Å²) in [6, 6.07) is 15.5. The molecule has 0 saturated carbocycles. The van der Waals surface area contributed by atoms with Gasteiger partial charge in [-0.05, 0) is 43.2 Å². The largest absolute Gasteiger partial charge is 0.376 e. The van der Waals surface area contributed by atoms with E-state index in [1.165, 1.54) is 0 Å². The maximum Gasteiger partial charge on any atom is 0.262 e. The number of carbonyl (C=O) groups excluding carboxylic acids is 1. The standard InChI is InChI=1S/C19H19N3O2/c20-13-15(19(23)21-14-18-9-5-11-24-18)12-17-8-4-10-22(17)16-6-2-1-3-7-16/h1-4,6-8,10,12,18H,5,9,11,14H2,(H,21,23)/b15-12+. The molecule has 0 aliphatic carbocycles. The molecule has 1 aliphatic heterocycles. The van der Waals surface area contributed by atoms with E-state index in [0.29, 0.717) is 6.54 Å². The van der Waals surface area contributed by atoms with E-state index >= 15 is 0 Å². The van der Waals surface area contributed by atoms with Gasteiger partial charge in [-0.3, -0.25) is 4.79 Å². The molecule has 2 heterocycles. The lowest BCUT2D eigenvalue weighted by molar-refractivity contribution is -0.117. The molecule has 0 bridgehead atoms. The highest BCUT2D eigenvalue weighted by atomic mass is 16.5. The third kappa shape index (κ3) is 3.73. The van der Waals surface area contributed by atoms with Crippen molar-refractivity contribution in [1.82, 2.24) is 9.88 Å². The van der Waals surface area contributed by atoms with Crippen molar-refractivity contribution in [1.29, 1.82) is 5.26 Å². The van der Waals surface area contributed by atoms with Crippen LogP contribution >= 0.6 is 0 Å². The fourth-order valence-corrected chi connectivity index (χ4v) is 2.74. The predicted molar refractivity (Wildman–Crippen MR) is 91.3 cm³/mol. The summed E-state index contributed by atoms with van der Waals surface area (Å²) >= 11 is 0. The molecule has 1 aromatic carbocycles. The summed E-state index contributed by atoms with van der Waals surface area (Å²) in [7, 11) is 0. The number of nitrogens with one attached hydrogen (secondary N) is 1. The van der Waals surface area contributed by atoms with Crippen molar-refractivity contribution in [3.63, 3.8) is 0 Å². The molecule has 1 atom stereocenters. The molecule has 3 rings (SSSR count). The van der Waals surface area contributed by atoms with Gasteiger partial charge in [-0.15, -0.1) is 0 Å². The first-order valence-electron chi connectivity index (χ1n) is 8.02. The average Bonchev–Trinajstić information content (AvgIpc) is 3.30. The maximum atomic E-state index is 12.2. The van der Waals surface area contributed by atoms with E-state index in [1.54, 1.807) is 6.08 Å². The Labute approximate surface area is 141 Å². The van der Waals surface area contributed by atoms with Crippen LogP contribution in [0.15, 0.2) is 54.2 Å². The fraction of sp³-hybridized carbons (Fsp3) is 0.263. The maximum absolute atomic E-state index is 12.2. The lowest BCUT2D eigenvalue weighted by Gasteiger charge is -2.10. The van der Waals surface area contributed by atoms with Crippen molar-refractivity contribution >= 4 is 12.0 Å². The van der Waals surface area contributed by atoms with Gasteiger partial charge in [-0.2, -0.15) is 5.26 Å². The Hall–Kier alpha value is -2.84. The summed E-state index contributed by atoms with van der Waals surface area (Å²) < 4.78 is 7.41. The number of amides is 1. The molecule has 24 heavy (non-hydrogen) atoms. The Morgan fingerprint density at radius 3 is 2.88 bits per heavy atom. The number of carbonyl (C=O) groups is 1. The van der Waals surface area contributed by atoms with Crippen LogP contribution in [0.5, 0.6) is 0 Å². The summed E-state index contributed by atoms with van der Waals surface area (Å²) in [5.41, 5.74) is 1.85. The van der Waals surface area contributed by atoms with Crippen molar-refractivity contribution in [2.24, 2.45) is 0 Å². The Morgan fingerprint density at radius 1 is 1.33 bits per heavy atom. The van der Waals surface area contributed by atoms with Crippen molar-refractivity contribution < 1.29 is 9.53 Å². The topological polar surface area (TPSA) is 67.0 Å². The van der Waals surface area contributed by atoms with Crippen molar-refractivity contribution in [3.8, 4) is 11.8 Å². The van der Waals surface area contributed by atoms with Crippen LogP contribution in [0.3, 0.4) is 0 Å². The first-order valence-corrected chi connectivity index (χ1v) is 8.02. The number of hydrogen-bond acceptors (Lipinski definition) is 3. The number of para-hydroxylation sites is 1. The van der Waals surface area contributed by atoms with Gasteiger partial charge in [-0.1, -0.05) is 18.2 Å². The van der Waals surface area contributed by atoms with Gasteiger partial charge in [0.15, 0.2) is 0 Å². The molecule has 5 heteroatoms. The van der Waals surface area contributed by atoms with Gasteiger partial charge in [-0.25, -0.2) is 0 Å². The molecule has 122 valence electrons. The molecule has 1 amide bonds. The van der Waals surface area contributed by atoms with Gasteiger partial charge in [0.2, 0.25) is 0 Å². The van der Waals surface area contributed by atoms with Crippen molar-refractivity contribution in [2.45, 2.75) is 18.9 Å². The third-order valence-electron chi connectivity index (χ3n) is 3.99. The zero-order chi connectivity index (χ0) is 16.8. The zero-order valence-corrected chi connectivity index (χ0v) is 13.3. The van der Waals surface area contributed by atoms with Gasteiger partial charge in [0, 0.05) is 30.7 Å². The van der Waals surface area contributed by atoms with Crippen LogP contribution in [0.4, 0.5) is 0 Å². The molecule has 2 aromatic rings. The Balaban J connectivity index is 1.75. The third-order valence-corrected chi connectivity index (χ3v) is 3.99. The van der Waals surface area contributed by atoms with Crippen LogP contribution in [0.25, 0.3) is 11.8 Å². The molecule has 1 unspecified atom stereocenters. The van der Waals surface area contributed by atoms with Crippen LogP contribution in [0.2, 0.25) is 0 Å². The Bertz CT molecular complexity index is 765. The average molecular weight is 321 g/mol. The number of ether oxygens (including phenoxy) is 1. The number of benzene rings is 1. The van der Waals surface area contributed by atoms with Crippen LogP contribution < -0.4 is 5.32 Å². The van der Waals surface area contributed by atoms with Gasteiger partial charge in [0.25, 0.3) is 5.91 Å². The molecule has 1 N–H and O–H groups in total. The molecular formula is C19H19N3O2. The van der Waals surface area contributed by atoms with Gasteiger partial charge in [0.05, 0.1) is 6.10 Å². The number of nitriles is 1. The summed E-state index contributed by atoms with van der Waals surface area (Å²) in [5, 5.41) is 12.1. The number of nitrogens with zero attached hydrogens (tertiary/aromatic N) is 2. The van der Waals surface area contributed by atoms with Crippen molar-refractivity contribution in [2.75, 3.05) is 13.2 Å². The fourth-order valence-electron chi connectivity index (χ4n) is 2.74. The van der Waals surface area contributed by atoms with Crippen molar-refractivity contribution in [3.05, 3.63) is 59.9 Å². The van der Waals surface area contributed by atoms with E-state index in [0.717, 1.165) is 30.8 Å². The van der Waals surface area contributed by atoms with Gasteiger partial charge in [0.1, 0.15) is 11.6 Å². The predicted octanol–water partition coefficient (Wildman–Crippen LogP) is 2.68. The normalized spacial score (nSPS) is 17.5. The van der Waals surface area contributed by atoms with E-state index in [9.17, 15) is 10.1 Å². The molecule has 1 aliphatic rings. The van der Waals surface area contributed by atoms with Crippen LogP contribution in [0.1, 0.15) is 18.5 Å². The highest BCUT2D eigenvalue weighted by molar-refractivity contribution is 6.01. The summed E-state index contributed by atoms with van der Waals surface area (Å²) in [6.45, 7) is 1.18. The molecular weight excluding hydrogens is 302 g/mol. The second-order valence-electron chi connectivity index (χ2n) is 5.65. The van der Waals surface area contributed by atoms with Gasteiger partial charge < -0.3 is 14.6 Å². The molecule has 0 spiro atoms. The second-order valence-corrected chi connectivity index (χ2v) is 5.65. The number of hydrogen-bond donors (Lipinski definition) is 1. The molecule has 5 nitrogen and oxygen atoms in total. The monoisotopic (exact) mass is 321 g/mol. The zero-order valence-electron chi connectivity index (χ0n) is 13.3. The van der Waals surface area contributed by atoms with E-state index in [-0.39, 0.29) is 17.6 Å². The Morgan fingerprint density at radius 2 is 2.17 bits per heavy atom. The molecule has 1 saturated heterocycles. The van der Waals surface area contributed by atoms with E-state index < -0.39 is 0 Å². The number of aromatic nitrogens is 1. The Kier molecular flexibility index (Phi) is 5.09. The van der Waals surface area contributed by atoms with Crippen LogP contribution in [-0.2, 0) is 9.53 Å². The van der Waals surface area contributed by atoms with Crippen LogP contribution in [-0.4, -0.2) is 29.7 Å². The molecule has 0 radical (unpaired) electrons. The SMILES string of the molecule is N#C/C(=C\c1cccn1-c1ccccc1)C(=O)NCC1CCCO1. The second kappa shape index (κ2) is 7.62. The smallest absolute Gasteiger partial charge is 0.262 e. The van der Waals surface area contributed by atoms with E-state index in [4.69, 9.17) is 4.74 Å². The lowest BCUT2D eigenvalue weighted by atomic mass is 10.2. The van der Waals surface area contributed by atoms with E-state index in [2.05, 4.69) is 5.32 Å². The minimum Gasteiger partial charge on any atom is -0.376 e. The summed E-state index contributed by atoms with van der Waals surface area (Å²) in [5.74, 6) is -0.367. The molecule has 1 aromatic heterocycles. The van der Waals surface area contributed by atoms with Crippen LogP contribution in [0, 0.1) is 11.3 Å². The highest BCUT2D eigenvalue weighted by Crippen LogP contribution is 2.16. The van der Waals surface area contributed by atoms with Gasteiger partial charge >= 0.3 is 0 Å². The lowest BCUT2D eigenvalue weighted by Crippen LogP contribution is -2.32. The number of rotatable bonds is 5. The first-order chi connectivity index (χ1) is 11.8. The summed E-state index contributed by atoms with van der Waals surface area (Å²) in [4.78, 5) is 12.2. The highest BCUT2D eigenvalue weighted by Gasteiger charge is 2.17. The quantitative estimate of drug-likeness (QED) is 0.680. The minimum absolute atomic E-state index is 0.0575. The first kappa shape index (κ1) is 16.0. The molecule has 1 fully saturated rings.